The van der Waals surface area contributed by atoms with Gasteiger partial charge in [0.2, 0.25) is 0 Å². The molecule has 0 radical (unpaired) electrons. The quantitative estimate of drug-likeness (QED) is 0.732. The molecule has 2 atom stereocenters. The number of hydrogen-bond donors (Lipinski definition) is 1. The van der Waals surface area contributed by atoms with Gasteiger partial charge in [-0.15, -0.1) is 11.3 Å². The molecule has 0 aromatic carbocycles. The van der Waals surface area contributed by atoms with Gasteiger partial charge in [0.05, 0.1) is 0 Å². The van der Waals surface area contributed by atoms with Crippen molar-refractivity contribution in [3.8, 4) is 0 Å². The van der Waals surface area contributed by atoms with Crippen molar-refractivity contribution in [3.63, 3.8) is 0 Å². The summed E-state index contributed by atoms with van der Waals surface area (Å²) in [6.07, 6.45) is 5.06. The second-order valence-electron chi connectivity index (χ2n) is 4.06. The highest BCUT2D eigenvalue weighted by molar-refractivity contribution is 7.10. The number of hydrogen-bond acceptors (Lipinski definition) is 2. The molecule has 1 nitrogen and oxygen atoms in total. The molecule has 0 aliphatic heterocycles. The Labute approximate surface area is 84.0 Å². The number of aryl methyl sites for hydroxylation is 1. The van der Waals surface area contributed by atoms with Crippen molar-refractivity contribution in [2.45, 2.75) is 44.6 Å². The third kappa shape index (κ3) is 1.94. The highest BCUT2D eigenvalue weighted by Gasteiger charge is 2.21. The monoisotopic (exact) mass is 195 g/mol. The number of thiophene rings is 1. The molecule has 1 fully saturated rings. The molecule has 1 aliphatic carbocycles. The van der Waals surface area contributed by atoms with Crippen molar-refractivity contribution in [2.24, 2.45) is 5.73 Å². The predicted octanol–water partition coefficient (Wildman–Crippen LogP) is 3.04. The van der Waals surface area contributed by atoms with E-state index in [1.165, 1.54) is 30.6 Å². The van der Waals surface area contributed by atoms with Crippen molar-refractivity contribution in [1.29, 1.82) is 0 Å². The minimum atomic E-state index is 0.443. The first-order valence-electron chi connectivity index (χ1n) is 5.07. The van der Waals surface area contributed by atoms with Gasteiger partial charge in [-0.3, -0.25) is 0 Å². The Hall–Kier alpha value is -0.340. The van der Waals surface area contributed by atoms with E-state index in [0.717, 1.165) is 5.92 Å². The molecular weight excluding hydrogens is 178 g/mol. The summed E-state index contributed by atoms with van der Waals surface area (Å²) in [6, 6.07) is 2.72. The second-order valence-corrected chi connectivity index (χ2v) is 5.18. The molecule has 1 saturated carbocycles. The molecule has 2 heteroatoms. The molecule has 1 aromatic rings. The molecule has 2 unspecified atom stereocenters. The summed E-state index contributed by atoms with van der Waals surface area (Å²) in [7, 11) is 0. The average Bonchev–Trinajstić information content (AvgIpc) is 2.51. The maximum atomic E-state index is 5.98. The molecule has 72 valence electrons. The highest BCUT2D eigenvalue weighted by Crippen LogP contribution is 2.35. The molecule has 13 heavy (non-hydrogen) atoms. The maximum absolute atomic E-state index is 5.98. The van der Waals surface area contributed by atoms with Crippen LogP contribution in [0.5, 0.6) is 0 Å². The molecule has 0 saturated heterocycles. The smallest absolute Gasteiger partial charge is 0.00490 e. The Morgan fingerprint density at radius 2 is 2.31 bits per heavy atom. The zero-order valence-electron chi connectivity index (χ0n) is 8.12. The fourth-order valence-electron chi connectivity index (χ4n) is 2.33. The van der Waals surface area contributed by atoms with Crippen LogP contribution >= 0.6 is 11.3 Å². The summed E-state index contributed by atoms with van der Waals surface area (Å²) in [5, 5.41) is 2.20. The first-order chi connectivity index (χ1) is 6.27. The Morgan fingerprint density at radius 1 is 1.46 bits per heavy atom. The Balaban J connectivity index is 2.12. The van der Waals surface area contributed by atoms with Crippen LogP contribution < -0.4 is 5.73 Å². The molecule has 0 bridgehead atoms. The predicted molar refractivity (Wildman–Crippen MR) is 58.2 cm³/mol. The molecule has 1 aliphatic rings. The van der Waals surface area contributed by atoms with Gasteiger partial charge in [-0.1, -0.05) is 6.42 Å². The van der Waals surface area contributed by atoms with Gasteiger partial charge < -0.3 is 5.73 Å². The zero-order chi connectivity index (χ0) is 9.26. The lowest BCUT2D eigenvalue weighted by Gasteiger charge is -2.26. The standard InChI is InChI=1S/C11H17NS/c1-8-11(5-6-13-8)9-3-2-4-10(12)7-9/h5-6,9-10H,2-4,7,12H2,1H3. The van der Waals surface area contributed by atoms with E-state index in [2.05, 4.69) is 18.4 Å². The molecule has 0 amide bonds. The van der Waals surface area contributed by atoms with Gasteiger partial charge in [0, 0.05) is 10.9 Å². The SMILES string of the molecule is Cc1sccc1C1CCCC(N)C1. The Bertz CT molecular complexity index is 279. The molecule has 1 heterocycles. The minimum Gasteiger partial charge on any atom is -0.328 e. The van der Waals surface area contributed by atoms with Gasteiger partial charge >= 0.3 is 0 Å². The van der Waals surface area contributed by atoms with Crippen LogP contribution in [-0.2, 0) is 0 Å². The fourth-order valence-corrected chi connectivity index (χ4v) is 3.12. The summed E-state index contributed by atoms with van der Waals surface area (Å²) in [5.74, 6) is 0.745. The van der Waals surface area contributed by atoms with Crippen LogP contribution in [0.4, 0.5) is 0 Å². The second kappa shape index (κ2) is 3.81. The lowest BCUT2D eigenvalue weighted by molar-refractivity contribution is 0.393. The van der Waals surface area contributed by atoms with Gasteiger partial charge in [0.1, 0.15) is 0 Å². The summed E-state index contributed by atoms with van der Waals surface area (Å²) in [6.45, 7) is 2.22. The van der Waals surface area contributed by atoms with Gasteiger partial charge in [-0.25, -0.2) is 0 Å². The van der Waals surface area contributed by atoms with Gasteiger partial charge in [-0.2, -0.15) is 0 Å². The van der Waals surface area contributed by atoms with E-state index in [9.17, 15) is 0 Å². The van der Waals surface area contributed by atoms with Crippen LogP contribution in [0.15, 0.2) is 11.4 Å². The van der Waals surface area contributed by atoms with Crippen LogP contribution in [0.2, 0.25) is 0 Å². The fraction of sp³-hybridized carbons (Fsp3) is 0.636. The average molecular weight is 195 g/mol. The summed E-state index contributed by atoms with van der Waals surface area (Å²) in [4.78, 5) is 1.49. The van der Waals surface area contributed by atoms with Crippen LogP contribution in [0.1, 0.15) is 42.0 Å². The molecular formula is C11H17NS. The molecule has 1 aromatic heterocycles. The van der Waals surface area contributed by atoms with E-state index >= 15 is 0 Å². The third-order valence-electron chi connectivity index (χ3n) is 3.05. The first-order valence-corrected chi connectivity index (χ1v) is 5.95. The van der Waals surface area contributed by atoms with Crippen molar-refractivity contribution in [1.82, 2.24) is 0 Å². The van der Waals surface area contributed by atoms with Crippen LogP contribution in [0.25, 0.3) is 0 Å². The summed E-state index contributed by atoms with van der Waals surface area (Å²) >= 11 is 1.86. The van der Waals surface area contributed by atoms with Crippen LogP contribution in [0.3, 0.4) is 0 Å². The van der Waals surface area contributed by atoms with Gasteiger partial charge in [-0.05, 0) is 49.1 Å². The van der Waals surface area contributed by atoms with E-state index in [1.54, 1.807) is 5.56 Å². The third-order valence-corrected chi connectivity index (χ3v) is 3.91. The van der Waals surface area contributed by atoms with E-state index in [4.69, 9.17) is 5.73 Å². The van der Waals surface area contributed by atoms with E-state index in [-0.39, 0.29) is 0 Å². The lowest BCUT2D eigenvalue weighted by Crippen LogP contribution is -2.26. The van der Waals surface area contributed by atoms with Crippen molar-refractivity contribution >= 4 is 11.3 Å². The lowest BCUT2D eigenvalue weighted by atomic mass is 9.82. The molecule has 2 N–H and O–H groups in total. The Morgan fingerprint density at radius 3 is 2.92 bits per heavy atom. The maximum Gasteiger partial charge on any atom is 0.00490 e. The first kappa shape index (κ1) is 9.22. The van der Waals surface area contributed by atoms with Crippen molar-refractivity contribution in [3.05, 3.63) is 21.9 Å². The van der Waals surface area contributed by atoms with Crippen molar-refractivity contribution in [2.75, 3.05) is 0 Å². The van der Waals surface area contributed by atoms with Crippen molar-refractivity contribution < 1.29 is 0 Å². The largest absolute Gasteiger partial charge is 0.328 e. The van der Waals surface area contributed by atoms with Gasteiger partial charge in [0.25, 0.3) is 0 Å². The number of nitrogens with two attached hydrogens (primary N) is 1. The van der Waals surface area contributed by atoms with E-state index in [0.29, 0.717) is 6.04 Å². The topological polar surface area (TPSA) is 26.0 Å². The van der Waals surface area contributed by atoms with E-state index in [1.807, 2.05) is 11.3 Å². The summed E-state index contributed by atoms with van der Waals surface area (Å²) in [5.41, 5.74) is 7.54. The van der Waals surface area contributed by atoms with Crippen LogP contribution in [0, 0.1) is 6.92 Å². The van der Waals surface area contributed by atoms with Crippen LogP contribution in [-0.4, -0.2) is 6.04 Å². The molecule has 2 rings (SSSR count). The Kier molecular flexibility index (Phi) is 2.70. The normalized spacial score (nSPS) is 29.1. The minimum absolute atomic E-state index is 0.443. The number of rotatable bonds is 1. The highest BCUT2D eigenvalue weighted by atomic mass is 32.1. The molecule has 0 spiro atoms. The van der Waals surface area contributed by atoms with Gasteiger partial charge in [0.15, 0.2) is 0 Å². The summed E-state index contributed by atoms with van der Waals surface area (Å²) < 4.78 is 0. The zero-order valence-corrected chi connectivity index (χ0v) is 8.94. The van der Waals surface area contributed by atoms with E-state index < -0.39 is 0 Å².